The number of hydrogen-bond donors (Lipinski definition) is 1. The van der Waals surface area contributed by atoms with E-state index in [9.17, 15) is 0 Å². The lowest BCUT2D eigenvalue weighted by Crippen LogP contribution is -2.31. The number of ether oxygens (including phenoxy) is 2. The number of hydrogen-bond acceptors (Lipinski definition) is 4. The van der Waals surface area contributed by atoms with Crippen LogP contribution < -0.4 is 14.8 Å². The third-order valence-electron chi connectivity index (χ3n) is 3.84. The zero-order valence-electron chi connectivity index (χ0n) is 13.1. The van der Waals surface area contributed by atoms with E-state index in [1.807, 2.05) is 32.0 Å². The molecule has 4 heteroatoms. The molecular formula is C17H24N2O2. The second-order valence-corrected chi connectivity index (χ2v) is 5.81. The van der Waals surface area contributed by atoms with Crippen LogP contribution in [0.1, 0.15) is 38.7 Å². The third-order valence-corrected chi connectivity index (χ3v) is 3.84. The molecule has 21 heavy (non-hydrogen) atoms. The number of nitriles is 1. The smallest absolute Gasteiger partial charge is 0.161 e. The van der Waals surface area contributed by atoms with Gasteiger partial charge in [-0.15, -0.1) is 0 Å². The maximum absolute atomic E-state index is 9.11. The second-order valence-electron chi connectivity index (χ2n) is 5.81. The summed E-state index contributed by atoms with van der Waals surface area (Å²) in [6.07, 6.45) is 3.36. The topological polar surface area (TPSA) is 54.3 Å². The van der Waals surface area contributed by atoms with E-state index in [0.29, 0.717) is 6.04 Å². The molecule has 2 atom stereocenters. The van der Waals surface area contributed by atoms with Crippen molar-refractivity contribution >= 4 is 0 Å². The van der Waals surface area contributed by atoms with Gasteiger partial charge in [0.15, 0.2) is 11.5 Å². The van der Waals surface area contributed by atoms with Gasteiger partial charge < -0.3 is 14.8 Å². The second kappa shape index (κ2) is 7.33. The van der Waals surface area contributed by atoms with Crippen molar-refractivity contribution in [1.29, 1.82) is 5.26 Å². The summed E-state index contributed by atoms with van der Waals surface area (Å²) < 4.78 is 11.1. The zero-order valence-corrected chi connectivity index (χ0v) is 13.1. The first-order valence-corrected chi connectivity index (χ1v) is 7.60. The molecule has 0 radical (unpaired) electrons. The molecule has 0 aliphatic heterocycles. The van der Waals surface area contributed by atoms with Crippen LogP contribution in [0.15, 0.2) is 18.2 Å². The molecule has 0 spiro atoms. The number of methoxy groups -OCH3 is 1. The molecule has 4 nitrogen and oxygen atoms in total. The lowest BCUT2D eigenvalue weighted by molar-refractivity contribution is 0.230. The Balaban J connectivity index is 1.99. The van der Waals surface area contributed by atoms with Crippen molar-refractivity contribution in [2.24, 2.45) is 5.92 Å². The van der Waals surface area contributed by atoms with Crippen LogP contribution in [0.2, 0.25) is 0 Å². The number of nitrogens with one attached hydrogen (secondary N) is 1. The molecule has 1 fully saturated rings. The van der Waals surface area contributed by atoms with Crippen LogP contribution in [-0.2, 0) is 6.54 Å². The van der Waals surface area contributed by atoms with E-state index in [2.05, 4.69) is 11.4 Å². The molecule has 114 valence electrons. The van der Waals surface area contributed by atoms with Crippen LogP contribution in [-0.4, -0.2) is 19.3 Å². The molecule has 0 amide bonds. The fourth-order valence-electron chi connectivity index (χ4n) is 2.78. The van der Waals surface area contributed by atoms with Crippen molar-refractivity contribution in [2.75, 3.05) is 7.11 Å². The minimum atomic E-state index is 0.123. The Morgan fingerprint density at radius 3 is 2.81 bits per heavy atom. The minimum absolute atomic E-state index is 0.123. The van der Waals surface area contributed by atoms with Gasteiger partial charge in [-0.2, -0.15) is 5.26 Å². The standard InChI is InChI=1S/C17H24N2O2/c1-12(2)21-16-8-7-13(9-17(16)20-3)11-19-15-6-4-5-14(15)10-18/h7-9,12,14-15,19H,4-6,11H2,1-3H3. The summed E-state index contributed by atoms with van der Waals surface area (Å²) in [5, 5.41) is 12.6. The van der Waals surface area contributed by atoms with Crippen molar-refractivity contribution < 1.29 is 9.47 Å². The summed E-state index contributed by atoms with van der Waals surface area (Å²) in [7, 11) is 1.66. The molecule has 1 aromatic rings. The Labute approximate surface area is 127 Å². The SMILES string of the molecule is COc1cc(CNC2CCCC2C#N)ccc1OC(C)C. The Morgan fingerprint density at radius 1 is 1.33 bits per heavy atom. The van der Waals surface area contributed by atoms with E-state index in [-0.39, 0.29) is 12.0 Å². The maximum Gasteiger partial charge on any atom is 0.161 e. The van der Waals surface area contributed by atoms with Gasteiger partial charge in [-0.05, 0) is 44.4 Å². The van der Waals surface area contributed by atoms with Crippen molar-refractivity contribution in [1.82, 2.24) is 5.32 Å². The van der Waals surface area contributed by atoms with E-state index in [1.54, 1.807) is 7.11 Å². The first kappa shape index (κ1) is 15.7. The Kier molecular flexibility index (Phi) is 5.46. The molecular weight excluding hydrogens is 264 g/mol. The molecule has 0 saturated heterocycles. The normalized spacial score (nSPS) is 21.3. The summed E-state index contributed by atoms with van der Waals surface area (Å²) in [5.74, 6) is 1.67. The van der Waals surface area contributed by atoms with Gasteiger partial charge in [-0.3, -0.25) is 0 Å². The monoisotopic (exact) mass is 288 g/mol. The van der Waals surface area contributed by atoms with E-state index in [1.165, 1.54) is 0 Å². The summed E-state index contributed by atoms with van der Waals surface area (Å²) in [6, 6.07) is 8.71. The van der Waals surface area contributed by atoms with Gasteiger partial charge in [-0.25, -0.2) is 0 Å². The van der Waals surface area contributed by atoms with Crippen molar-refractivity contribution in [3.05, 3.63) is 23.8 Å². The molecule has 0 heterocycles. The highest BCUT2D eigenvalue weighted by atomic mass is 16.5. The molecule has 0 bridgehead atoms. The fourth-order valence-corrected chi connectivity index (χ4v) is 2.78. The van der Waals surface area contributed by atoms with Gasteiger partial charge in [0.2, 0.25) is 0 Å². The van der Waals surface area contributed by atoms with Gasteiger partial charge in [0, 0.05) is 12.6 Å². The lowest BCUT2D eigenvalue weighted by Gasteiger charge is -2.17. The summed E-state index contributed by atoms with van der Waals surface area (Å²) in [5.41, 5.74) is 1.14. The Hall–Kier alpha value is -1.73. The molecule has 1 aromatic carbocycles. The average molecular weight is 288 g/mol. The highest BCUT2D eigenvalue weighted by molar-refractivity contribution is 5.43. The Morgan fingerprint density at radius 2 is 2.14 bits per heavy atom. The summed E-state index contributed by atoms with van der Waals surface area (Å²) in [4.78, 5) is 0. The molecule has 2 unspecified atom stereocenters. The van der Waals surface area contributed by atoms with Crippen molar-refractivity contribution in [3.8, 4) is 17.6 Å². The Bertz CT molecular complexity index is 508. The molecule has 1 saturated carbocycles. The largest absolute Gasteiger partial charge is 0.493 e. The predicted molar refractivity (Wildman–Crippen MR) is 82.3 cm³/mol. The van der Waals surface area contributed by atoms with Gasteiger partial charge >= 0.3 is 0 Å². The van der Waals surface area contributed by atoms with Crippen molar-refractivity contribution in [2.45, 2.75) is 51.8 Å². The first-order valence-electron chi connectivity index (χ1n) is 7.60. The van der Waals surface area contributed by atoms with Crippen LogP contribution in [0.3, 0.4) is 0 Å². The zero-order chi connectivity index (χ0) is 15.2. The number of nitrogens with zero attached hydrogens (tertiary/aromatic N) is 1. The van der Waals surface area contributed by atoms with E-state index in [4.69, 9.17) is 14.7 Å². The highest BCUT2D eigenvalue weighted by Crippen LogP contribution is 2.30. The lowest BCUT2D eigenvalue weighted by atomic mass is 10.1. The van der Waals surface area contributed by atoms with Crippen LogP contribution in [0, 0.1) is 17.2 Å². The average Bonchev–Trinajstić information content (AvgIpc) is 2.93. The quantitative estimate of drug-likeness (QED) is 0.873. The van der Waals surface area contributed by atoms with E-state index in [0.717, 1.165) is 42.9 Å². The van der Waals surface area contributed by atoms with Crippen LogP contribution >= 0.6 is 0 Å². The molecule has 1 N–H and O–H groups in total. The molecule has 1 aliphatic rings. The fraction of sp³-hybridized carbons (Fsp3) is 0.588. The van der Waals surface area contributed by atoms with Crippen molar-refractivity contribution in [3.63, 3.8) is 0 Å². The van der Waals surface area contributed by atoms with Crippen LogP contribution in [0.25, 0.3) is 0 Å². The van der Waals surface area contributed by atoms with Gasteiger partial charge in [-0.1, -0.05) is 12.5 Å². The third kappa shape index (κ3) is 4.12. The van der Waals surface area contributed by atoms with E-state index >= 15 is 0 Å². The van der Waals surface area contributed by atoms with Crippen LogP contribution in [0.5, 0.6) is 11.5 Å². The van der Waals surface area contributed by atoms with E-state index < -0.39 is 0 Å². The number of benzene rings is 1. The van der Waals surface area contributed by atoms with Gasteiger partial charge in [0.05, 0.1) is 25.2 Å². The number of rotatable bonds is 6. The predicted octanol–water partition coefficient (Wildman–Crippen LogP) is 3.26. The van der Waals surface area contributed by atoms with Gasteiger partial charge in [0.25, 0.3) is 0 Å². The van der Waals surface area contributed by atoms with Crippen LogP contribution in [0.4, 0.5) is 0 Å². The molecule has 2 rings (SSSR count). The maximum atomic E-state index is 9.11. The first-order chi connectivity index (χ1) is 10.1. The highest BCUT2D eigenvalue weighted by Gasteiger charge is 2.26. The molecule has 0 aromatic heterocycles. The summed E-state index contributed by atoms with van der Waals surface area (Å²) >= 11 is 0. The summed E-state index contributed by atoms with van der Waals surface area (Å²) in [6.45, 7) is 4.75. The van der Waals surface area contributed by atoms with Gasteiger partial charge in [0.1, 0.15) is 0 Å². The molecule has 1 aliphatic carbocycles. The minimum Gasteiger partial charge on any atom is -0.493 e.